The highest BCUT2D eigenvalue weighted by molar-refractivity contribution is 5.94. The van der Waals surface area contributed by atoms with Crippen molar-refractivity contribution in [3.8, 4) is 0 Å². The summed E-state index contributed by atoms with van der Waals surface area (Å²) in [4.78, 5) is 21.4. The molecular formula is C18H27N3O. The lowest BCUT2D eigenvalue weighted by atomic mass is 9.97. The maximum absolute atomic E-state index is 12.7. The zero-order valence-electron chi connectivity index (χ0n) is 13.4. The second kappa shape index (κ2) is 7.73. The summed E-state index contributed by atoms with van der Waals surface area (Å²) in [7, 11) is 0. The normalized spacial score (nSPS) is 23.5. The van der Waals surface area contributed by atoms with Gasteiger partial charge in [0.05, 0.1) is 0 Å². The summed E-state index contributed by atoms with van der Waals surface area (Å²) in [5, 5.41) is 0. The molecule has 1 aromatic rings. The minimum atomic E-state index is 0.186. The molecule has 3 heterocycles. The maximum atomic E-state index is 12.7. The van der Waals surface area contributed by atoms with E-state index in [4.69, 9.17) is 0 Å². The topological polar surface area (TPSA) is 36.4 Å². The standard InChI is InChI=1S/C18H27N3O/c22-18(16-7-10-19-11-8-16)21-14-5-2-6-17(21)9-15-20-12-3-1-4-13-20/h7-8,10-11,17H,1-6,9,12-15H2/t17-/m1/s1. The van der Waals surface area contributed by atoms with Crippen molar-refractivity contribution in [2.24, 2.45) is 0 Å². The molecule has 4 nitrogen and oxygen atoms in total. The number of hydrogen-bond donors (Lipinski definition) is 0. The summed E-state index contributed by atoms with van der Waals surface area (Å²) in [6, 6.07) is 4.08. The fourth-order valence-corrected chi connectivity index (χ4v) is 3.74. The molecule has 0 radical (unpaired) electrons. The molecule has 2 fully saturated rings. The number of amides is 1. The molecule has 22 heavy (non-hydrogen) atoms. The average Bonchev–Trinajstić information content (AvgIpc) is 2.61. The summed E-state index contributed by atoms with van der Waals surface area (Å²) in [6.45, 7) is 4.53. The lowest BCUT2D eigenvalue weighted by Gasteiger charge is -2.37. The van der Waals surface area contributed by atoms with Gasteiger partial charge in [-0.25, -0.2) is 0 Å². The van der Waals surface area contributed by atoms with Crippen LogP contribution in [0.3, 0.4) is 0 Å². The molecule has 0 spiro atoms. The van der Waals surface area contributed by atoms with Crippen molar-refractivity contribution in [1.82, 2.24) is 14.8 Å². The van der Waals surface area contributed by atoms with Gasteiger partial charge in [0.25, 0.3) is 5.91 Å². The van der Waals surface area contributed by atoms with Gasteiger partial charge in [-0.05, 0) is 63.7 Å². The number of likely N-dealkylation sites (tertiary alicyclic amines) is 2. The fourth-order valence-electron chi connectivity index (χ4n) is 3.74. The van der Waals surface area contributed by atoms with Crippen LogP contribution in [-0.2, 0) is 0 Å². The summed E-state index contributed by atoms with van der Waals surface area (Å²) >= 11 is 0. The van der Waals surface area contributed by atoms with Gasteiger partial charge < -0.3 is 9.80 Å². The molecule has 3 rings (SSSR count). The molecule has 0 unspecified atom stereocenters. The van der Waals surface area contributed by atoms with E-state index in [1.807, 2.05) is 12.1 Å². The minimum Gasteiger partial charge on any atom is -0.336 e. The highest BCUT2D eigenvalue weighted by atomic mass is 16.2. The van der Waals surface area contributed by atoms with E-state index in [1.165, 1.54) is 38.8 Å². The van der Waals surface area contributed by atoms with Gasteiger partial charge >= 0.3 is 0 Å². The SMILES string of the molecule is O=C(c1ccncc1)N1CCCC[C@@H]1CCN1CCCCC1. The molecule has 1 atom stereocenters. The Morgan fingerprint density at radius 1 is 1.05 bits per heavy atom. The van der Waals surface area contributed by atoms with E-state index >= 15 is 0 Å². The average molecular weight is 301 g/mol. The number of hydrogen-bond acceptors (Lipinski definition) is 3. The molecule has 0 aromatic carbocycles. The first-order chi connectivity index (χ1) is 10.8. The van der Waals surface area contributed by atoms with E-state index in [2.05, 4.69) is 14.8 Å². The van der Waals surface area contributed by atoms with Crippen LogP contribution in [0, 0.1) is 0 Å². The molecular weight excluding hydrogens is 274 g/mol. The van der Waals surface area contributed by atoms with Crippen LogP contribution in [0.2, 0.25) is 0 Å². The zero-order chi connectivity index (χ0) is 15.2. The quantitative estimate of drug-likeness (QED) is 0.858. The van der Waals surface area contributed by atoms with E-state index < -0.39 is 0 Å². The van der Waals surface area contributed by atoms with Crippen molar-refractivity contribution in [2.75, 3.05) is 26.2 Å². The Hall–Kier alpha value is -1.42. The van der Waals surface area contributed by atoms with Crippen LogP contribution in [0.5, 0.6) is 0 Å². The van der Waals surface area contributed by atoms with Crippen LogP contribution in [0.1, 0.15) is 55.3 Å². The van der Waals surface area contributed by atoms with Gasteiger partial charge in [0.2, 0.25) is 0 Å². The third-order valence-electron chi connectivity index (χ3n) is 5.04. The molecule has 0 bridgehead atoms. The van der Waals surface area contributed by atoms with Gasteiger partial charge in [0.15, 0.2) is 0 Å². The van der Waals surface area contributed by atoms with Crippen LogP contribution in [0.25, 0.3) is 0 Å². The molecule has 0 saturated carbocycles. The van der Waals surface area contributed by atoms with Crippen molar-refractivity contribution < 1.29 is 4.79 Å². The second-order valence-electron chi connectivity index (χ2n) is 6.58. The van der Waals surface area contributed by atoms with Gasteiger partial charge in [-0.3, -0.25) is 9.78 Å². The van der Waals surface area contributed by atoms with Crippen molar-refractivity contribution in [2.45, 2.75) is 51.0 Å². The minimum absolute atomic E-state index is 0.186. The van der Waals surface area contributed by atoms with E-state index in [-0.39, 0.29) is 5.91 Å². The second-order valence-corrected chi connectivity index (χ2v) is 6.58. The number of rotatable bonds is 4. The molecule has 0 aliphatic carbocycles. The van der Waals surface area contributed by atoms with E-state index in [1.54, 1.807) is 12.4 Å². The molecule has 0 N–H and O–H groups in total. The molecule has 1 amide bonds. The molecule has 1 aromatic heterocycles. The van der Waals surface area contributed by atoms with Crippen molar-refractivity contribution in [3.05, 3.63) is 30.1 Å². The summed E-state index contributed by atoms with van der Waals surface area (Å²) in [6.07, 6.45) is 12.1. The van der Waals surface area contributed by atoms with Gasteiger partial charge in [-0.2, -0.15) is 0 Å². The summed E-state index contributed by atoms with van der Waals surface area (Å²) < 4.78 is 0. The van der Waals surface area contributed by atoms with Crippen LogP contribution in [-0.4, -0.2) is 52.9 Å². The highest BCUT2D eigenvalue weighted by Gasteiger charge is 2.27. The predicted molar refractivity (Wildman–Crippen MR) is 87.8 cm³/mol. The molecule has 2 saturated heterocycles. The number of carbonyl (C=O) groups is 1. The Morgan fingerprint density at radius 3 is 2.55 bits per heavy atom. The number of nitrogens with zero attached hydrogens (tertiary/aromatic N) is 3. The Kier molecular flexibility index (Phi) is 5.43. The first-order valence-corrected chi connectivity index (χ1v) is 8.78. The predicted octanol–water partition coefficient (Wildman–Crippen LogP) is 2.95. The number of aromatic nitrogens is 1. The first kappa shape index (κ1) is 15.5. The molecule has 2 aliphatic rings. The monoisotopic (exact) mass is 301 g/mol. The molecule has 2 aliphatic heterocycles. The van der Waals surface area contributed by atoms with E-state index in [0.29, 0.717) is 6.04 Å². The maximum Gasteiger partial charge on any atom is 0.254 e. The third-order valence-corrected chi connectivity index (χ3v) is 5.04. The van der Waals surface area contributed by atoms with E-state index in [9.17, 15) is 4.79 Å². The summed E-state index contributed by atoms with van der Waals surface area (Å²) in [5.74, 6) is 0.186. The Morgan fingerprint density at radius 2 is 1.77 bits per heavy atom. The van der Waals surface area contributed by atoms with Crippen molar-refractivity contribution >= 4 is 5.91 Å². The van der Waals surface area contributed by atoms with Gasteiger partial charge in [-0.15, -0.1) is 0 Å². The summed E-state index contributed by atoms with van der Waals surface area (Å²) in [5.41, 5.74) is 0.778. The van der Waals surface area contributed by atoms with Crippen molar-refractivity contribution in [3.63, 3.8) is 0 Å². The van der Waals surface area contributed by atoms with Crippen molar-refractivity contribution in [1.29, 1.82) is 0 Å². The number of carbonyl (C=O) groups excluding carboxylic acids is 1. The molecule has 120 valence electrons. The zero-order valence-corrected chi connectivity index (χ0v) is 13.4. The Labute approximate surface area is 133 Å². The lowest BCUT2D eigenvalue weighted by molar-refractivity contribution is 0.0579. The highest BCUT2D eigenvalue weighted by Crippen LogP contribution is 2.23. The largest absolute Gasteiger partial charge is 0.336 e. The number of pyridine rings is 1. The lowest BCUT2D eigenvalue weighted by Crippen LogP contribution is -2.45. The third kappa shape index (κ3) is 3.86. The van der Waals surface area contributed by atoms with Crippen LogP contribution < -0.4 is 0 Å². The van der Waals surface area contributed by atoms with Crippen LogP contribution >= 0.6 is 0 Å². The first-order valence-electron chi connectivity index (χ1n) is 8.78. The van der Waals surface area contributed by atoms with Crippen LogP contribution in [0.15, 0.2) is 24.5 Å². The van der Waals surface area contributed by atoms with Gasteiger partial charge in [0.1, 0.15) is 0 Å². The molecule has 4 heteroatoms. The Bertz CT molecular complexity index is 470. The van der Waals surface area contributed by atoms with Gasteiger partial charge in [-0.1, -0.05) is 6.42 Å². The number of piperidine rings is 2. The van der Waals surface area contributed by atoms with Crippen LogP contribution in [0.4, 0.5) is 0 Å². The van der Waals surface area contributed by atoms with Gasteiger partial charge in [0, 0.05) is 37.1 Å². The fraction of sp³-hybridized carbons (Fsp3) is 0.667. The Balaban J connectivity index is 1.59. The smallest absolute Gasteiger partial charge is 0.254 e. The van der Waals surface area contributed by atoms with E-state index in [0.717, 1.165) is 37.9 Å².